The molecule has 1 aromatic rings. The number of ether oxygens (including phenoxy) is 1. The first kappa shape index (κ1) is 14.5. The van der Waals surface area contributed by atoms with Gasteiger partial charge in [-0.25, -0.2) is 0 Å². The first-order valence-corrected chi connectivity index (χ1v) is 7.23. The Morgan fingerprint density at radius 3 is 2.37 bits per heavy atom. The summed E-state index contributed by atoms with van der Waals surface area (Å²) in [5.41, 5.74) is 2.33. The van der Waals surface area contributed by atoms with Gasteiger partial charge in [-0.15, -0.1) is 0 Å². The first-order valence-electron chi connectivity index (χ1n) is 7.23. The molecule has 2 nitrogen and oxygen atoms in total. The molecule has 2 heteroatoms. The van der Waals surface area contributed by atoms with Crippen LogP contribution in [0.2, 0.25) is 0 Å². The highest BCUT2D eigenvalue weighted by atomic mass is 16.5. The second-order valence-electron chi connectivity index (χ2n) is 6.93. The number of aliphatic hydroxyl groups is 1. The van der Waals surface area contributed by atoms with E-state index < -0.39 is 6.10 Å². The van der Waals surface area contributed by atoms with Crippen molar-refractivity contribution in [1.29, 1.82) is 0 Å². The second kappa shape index (κ2) is 5.26. The maximum absolute atomic E-state index is 10.4. The van der Waals surface area contributed by atoms with E-state index in [-0.39, 0.29) is 11.0 Å². The molecule has 0 amide bonds. The molecule has 2 atom stereocenters. The predicted octanol–water partition coefficient (Wildman–Crippen LogP) is 3.46. The van der Waals surface area contributed by atoms with Crippen molar-refractivity contribution in [2.45, 2.75) is 64.1 Å². The van der Waals surface area contributed by atoms with Crippen molar-refractivity contribution in [2.24, 2.45) is 0 Å². The molecule has 0 aliphatic carbocycles. The highest BCUT2D eigenvalue weighted by molar-refractivity contribution is 5.28. The van der Waals surface area contributed by atoms with Gasteiger partial charge in [-0.3, -0.25) is 0 Å². The smallest absolute Gasteiger partial charge is 0.0916 e. The minimum Gasteiger partial charge on any atom is -0.390 e. The summed E-state index contributed by atoms with van der Waals surface area (Å²) >= 11 is 0. The Morgan fingerprint density at radius 2 is 1.89 bits per heavy atom. The molecule has 0 aromatic heterocycles. The second-order valence-corrected chi connectivity index (χ2v) is 6.93. The molecule has 106 valence electrons. The van der Waals surface area contributed by atoms with Crippen LogP contribution in [-0.2, 0) is 16.6 Å². The summed E-state index contributed by atoms with van der Waals surface area (Å²) in [4.78, 5) is 0. The van der Waals surface area contributed by atoms with Gasteiger partial charge >= 0.3 is 0 Å². The summed E-state index contributed by atoms with van der Waals surface area (Å²) < 4.78 is 5.70. The topological polar surface area (TPSA) is 29.5 Å². The Kier molecular flexibility index (Phi) is 4.03. The van der Waals surface area contributed by atoms with Gasteiger partial charge in [0, 0.05) is 13.0 Å². The zero-order valence-electron chi connectivity index (χ0n) is 12.6. The minimum absolute atomic E-state index is 0.178. The van der Waals surface area contributed by atoms with Crippen LogP contribution in [0.25, 0.3) is 0 Å². The van der Waals surface area contributed by atoms with Crippen molar-refractivity contribution in [3.8, 4) is 0 Å². The fraction of sp³-hybridized carbons (Fsp3) is 0.647. The van der Waals surface area contributed by atoms with E-state index in [4.69, 9.17) is 4.74 Å². The van der Waals surface area contributed by atoms with Crippen LogP contribution in [0.3, 0.4) is 0 Å². The average molecular weight is 262 g/mol. The van der Waals surface area contributed by atoms with Gasteiger partial charge in [0.15, 0.2) is 0 Å². The first-order chi connectivity index (χ1) is 8.81. The molecule has 1 saturated heterocycles. The van der Waals surface area contributed by atoms with Gasteiger partial charge in [-0.2, -0.15) is 0 Å². The molecule has 1 heterocycles. The Morgan fingerprint density at radius 1 is 1.26 bits per heavy atom. The summed E-state index contributed by atoms with van der Waals surface area (Å²) in [6.45, 7) is 9.43. The quantitative estimate of drug-likeness (QED) is 0.904. The molecular formula is C17H26O2. The maximum atomic E-state index is 10.4. The standard InChI is InChI=1S/C17H26O2/c1-16(2,3)14-8-6-13(7-9-14)12-15(18)17(4)10-5-11-19-17/h6-9,15,18H,5,10-12H2,1-4H3. The van der Waals surface area contributed by atoms with Crippen molar-refractivity contribution in [3.63, 3.8) is 0 Å². The van der Waals surface area contributed by atoms with Crippen LogP contribution in [0.1, 0.15) is 51.7 Å². The third kappa shape index (κ3) is 3.37. The summed E-state index contributed by atoms with van der Waals surface area (Å²) in [6.07, 6.45) is 2.25. The van der Waals surface area contributed by atoms with E-state index in [0.717, 1.165) is 19.4 Å². The zero-order valence-corrected chi connectivity index (χ0v) is 12.6. The summed E-state index contributed by atoms with van der Waals surface area (Å²) in [5, 5.41) is 10.4. The van der Waals surface area contributed by atoms with Gasteiger partial charge in [0.2, 0.25) is 0 Å². The van der Waals surface area contributed by atoms with Gasteiger partial charge in [0.1, 0.15) is 0 Å². The van der Waals surface area contributed by atoms with Crippen LogP contribution in [0.5, 0.6) is 0 Å². The molecule has 0 spiro atoms. The van der Waals surface area contributed by atoms with E-state index in [1.807, 2.05) is 6.92 Å². The molecule has 0 radical (unpaired) electrons. The van der Waals surface area contributed by atoms with Crippen LogP contribution in [0.4, 0.5) is 0 Å². The molecule has 19 heavy (non-hydrogen) atoms. The zero-order chi connectivity index (χ0) is 14.1. The number of aliphatic hydroxyl groups excluding tert-OH is 1. The van der Waals surface area contributed by atoms with Gasteiger partial charge in [-0.05, 0) is 36.3 Å². The average Bonchev–Trinajstić information content (AvgIpc) is 2.77. The van der Waals surface area contributed by atoms with Crippen molar-refractivity contribution < 1.29 is 9.84 Å². The highest BCUT2D eigenvalue weighted by Gasteiger charge is 2.37. The molecule has 1 N–H and O–H groups in total. The molecule has 0 saturated carbocycles. The highest BCUT2D eigenvalue weighted by Crippen LogP contribution is 2.30. The lowest BCUT2D eigenvalue weighted by molar-refractivity contribution is -0.0768. The van der Waals surface area contributed by atoms with E-state index in [9.17, 15) is 5.11 Å². The predicted molar refractivity (Wildman–Crippen MR) is 78.4 cm³/mol. The minimum atomic E-state index is -0.421. The van der Waals surface area contributed by atoms with E-state index in [1.54, 1.807) is 0 Å². The SMILES string of the molecule is CC(C)(C)c1ccc(CC(O)C2(C)CCCO2)cc1. The molecule has 1 aliphatic rings. The number of benzene rings is 1. The Balaban J connectivity index is 2.03. The fourth-order valence-corrected chi connectivity index (χ4v) is 2.64. The normalized spacial score (nSPS) is 25.5. The molecule has 1 aliphatic heterocycles. The van der Waals surface area contributed by atoms with E-state index in [2.05, 4.69) is 45.0 Å². The monoisotopic (exact) mass is 262 g/mol. The van der Waals surface area contributed by atoms with E-state index in [1.165, 1.54) is 11.1 Å². The van der Waals surface area contributed by atoms with Crippen molar-refractivity contribution in [3.05, 3.63) is 35.4 Å². The van der Waals surface area contributed by atoms with Crippen molar-refractivity contribution in [1.82, 2.24) is 0 Å². The Bertz CT molecular complexity index is 408. The van der Waals surface area contributed by atoms with Crippen LogP contribution < -0.4 is 0 Å². The molecule has 2 unspecified atom stereocenters. The summed E-state index contributed by atoms with van der Waals surface area (Å²) in [6, 6.07) is 8.59. The van der Waals surface area contributed by atoms with Crippen molar-refractivity contribution >= 4 is 0 Å². The summed E-state index contributed by atoms with van der Waals surface area (Å²) in [5.74, 6) is 0. The lowest BCUT2D eigenvalue weighted by Crippen LogP contribution is -2.40. The number of hydrogen-bond donors (Lipinski definition) is 1. The lowest BCUT2D eigenvalue weighted by atomic mass is 9.85. The van der Waals surface area contributed by atoms with Gasteiger partial charge in [0.25, 0.3) is 0 Å². The van der Waals surface area contributed by atoms with E-state index >= 15 is 0 Å². The van der Waals surface area contributed by atoms with Crippen molar-refractivity contribution in [2.75, 3.05) is 6.61 Å². The fourth-order valence-electron chi connectivity index (χ4n) is 2.64. The molecule has 1 aromatic carbocycles. The van der Waals surface area contributed by atoms with Crippen LogP contribution in [0, 0.1) is 0 Å². The van der Waals surface area contributed by atoms with Gasteiger partial charge in [-0.1, -0.05) is 45.0 Å². The molecule has 2 rings (SSSR count). The van der Waals surface area contributed by atoms with Crippen LogP contribution in [-0.4, -0.2) is 23.4 Å². The molecule has 0 bridgehead atoms. The van der Waals surface area contributed by atoms with Crippen LogP contribution in [0.15, 0.2) is 24.3 Å². The maximum Gasteiger partial charge on any atom is 0.0916 e. The lowest BCUT2D eigenvalue weighted by Gasteiger charge is -2.29. The third-order valence-electron chi connectivity index (χ3n) is 4.20. The Labute approximate surface area is 116 Å². The number of hydrogen-bond acceptors (Lipinski definition) is 2. The largest absolute Gasteiger partial charge is 0.390 e. The molecular weight excluding hydrogens is 236 g/mol. The number of rotatable bonds is 3. The molecule has 1 fully saturated rings. The summed E-state index contributed by atoms with van der Waals surface area (Å²) in [7, 11) is 0. The Hall–Kier alpha value is -0.860. The van der Waals surface area contributed by atoms with E-state index in [0.29, 0.717) is 6.42 Å². The third-order valence-corrected chi connectivity index (χ3v) is 4.20. The van der Waals surface area contributed by atoms with Gasteiger partial charge in [0.05, 0.1) is 11.7 Å². The van der Waals surface area contributed by atoms with Crippen LogP contribution >= 0.6 is 0 Å². The van der Waals surface area contributed by atoms with Gasteiger partial charge < -0.3 is 9.84 Å².